The van der Waals surface area contributed by atoms with Crippen molar-refractivity contribution in [1.29, 1.82) is 0 Å². The molecule has 2 aliphatic heterocycles. The Balaban J connectivity index is 1.33. The molecule has 0 aliphatic carbocycles. The second-order valence-corrected chi connectivity index (χ2v) is 11.0. The number of likely N-dealkylation sites (tertiary alicyclic amines) is 1. The third kappa shape index (κ3) is 5.34. The summed E-state index contributed by atoms with van der Waals surface area (Å²) in [6.45, 7) is 5.50. The number of esters is 1. The van der Waals surface area contributed by atoms with Crippen LogP contribution in [0.1, 0.15) is 26.7 Å². The van der Waals surface area contributed by atoms with Crippen molar-refractivity contribution in [3.63, 3.8) is 0 Å². The molecule has 0 spiro atoms. The van der Waals surface area contributed by atoms with Gasteiger partial charge in [0.1, 0.15) is 6.04 Å². The van der Waals surface area contributed by atoms with Gasteiger partial charge in [-0.05, 0) is 44.9 Å². The van der Waals surface area contributed by atoms with Crippen LogP contribution in [0.3, 0.4) is 0 Å². The zero-order valence-corrected chi connectivity index (χ0v) is 22.5. The third-order valence-electron chi connectivity index (χ3n) is 7.41. The summed E-state index contributed by atoms with van der Waals surface area (Å²) in [5.74, 6) is -0.764. The maximum atomic E-state index is 13.6. The first kappa shape index (κ1) is 26.4. The highest BCUT2D eigenvalue weighted by atomic mass is 35.5. The molecule has 1 aromatic carbocycles. The van der Waals surface area contributed by atoms with Gasteiger partial charge >= 0.3 is 5.97 Å². The first-order chi connectivity index (χ1) is 18.1. The minimum absolute atomic E-state index is 0.0721. The van der Waals surface area contributed by atoms with Crippen molar-refractivity contribution in [3.8, 4) is 0 Å². The van der Waals surface area contributed by atoms with Crippen molar-refractivity contribution in [2.24, 2.45) is 5.92 Å². The molecule has 2 aromatic heterocycles. The lowest BCUT2D eigenvalue weighted by molar-refractivity contribution is -0.154. The van der Waals surface area contributed by atoms with Crippen LogP contribution < -0.4 is 5.32 Å². The highest BCUT2D eigenvalue weighted by molar-refractivity contribution is 6.33. The van der Waals surface area contributed by atoms with E-state index in [9.17, 15) is 14.4 Å². The van der Waals surface area contributed by atoms with Crippen LogP contribution in [-0.4, -0.2) is 89.1 Å². The molecule has 4 heterocycles. The van der Waals surface area contributed by atoms with E-state index in [4.69, 9.17) is 21.1 Å². The summed E-state index contributed by atoms with van der Waals surface area (Å²) >= 11 is 6.42. The number of anilines is 1. The molecule has 0 bridgehead atoms. The van der Waals surface area contributed by atoms with Gasteiger partial charge in [-0.1, -0.05) is 11.6 Å². The Morgan fingerprint density at radius 2 is 2.00 bits per heavy atom. The van der Waals surface area contributed by atoms with Crippen LogP contribution in [-0.2, 0) is 23.9 Å². The summed E-state index contributed by atoms with van der Waals surface area (Å²) in [7, 11) is 1.38. The first-order valence-electron chi connectivity index (χ1n) is 12.7. The summed E-state index contributed by atoms with van der Waals surface area (Å²) in [5, 5.41) is 5.35. The first-order valence-corrected chi connectivity index (χ1v) is 13.1. The van der Waals surface area contributed by atoms with Gasteiger partial charge in [0.15, 0.2) is 0 Å². The van der Waals surface area contributed by atoms with E-state index in [2.05, 4.69) is 15.3 Å². The number of fused-ring (bicyclic) bond motifs is 3. The lowest BCUT2D eigenvalue weighted by Crippen LogP contribution is -2.60. The molecule has 11 heteroatoms. The summed E-state index contributed by atoms with van der Waals surface area (Å²) in [4.78, 5) is 49.8. The number of hydrogen-bond acceptors (Lipinski definition) is 7. The minimum atomic E-state index is -0.667. The molecule has 10 nitrogen and oxygen atoms in total. The number of hydrogen-bond donors (Lipinski definition) is 2. The quantitative estimate of drug-likeness (QED) is 0.476. The van der Waals surface area contributed by atoms with Crippen molar-refractivity contribution in [2.45, 2.75) is 38.3 Å². The number of nitrogens with zero attached hydrogens (tertiary/aromatic N) is 3. The molecule has 2 fully saturated rings. The molecule has 202 valence electrons. The number of piperidine rings is 1. The van der Waals surface area contributed by atoms with E-state index in [1.54, 1.807) is 23.4 Å². The van der Waals surface area contributed by atoms with Crippen LogP contribution >= 0.6 is 11.6 Å². The lowest BCUT2D eigenvalue weighted by Gasteiger charge is -2.43. The number of pyridine rings is 1. The number of H-pyrrole nitrogens is 1. The van der Waals surface area contributed by atoms with E-state index in [1.807, 2.05) is 30.9 Å². The smallest absolute Gasteiger partial charge is 0.308 e. The topological polar surface area (TPSA) is 117 Å². The Hall–Kier alpha value is -3.21. The van der Waals surface area contributed by atoms with Crippen LogP contribution in [0.25, 0.3) is 21.8 Å². The van der Waals surface area contributed by atoms with Crippen LogP contribution in [0.5, 0.6) is 0 Å². The second kappa shape index (κ2) is 10.5. The summed E-state index contributed by atoms with van der Waals surface area (Å²) in [6.07, 6.45) is 4.58. The molecule has 3 aromatic rings. The highest BCUT2D eigenvalue weighted by Crippen LogP contribution is 2.33. The molecule has 0 unspecified atom stereocenters. The van der Waals surface area contributed by atoms with Crippen molar-refractivity contribution < 1.29 is 23.9 Å². The molecular weight excluding hydrogens is 510 g/mol. The third-order valence-corrected chi connectivity index (χ3v) is 7.63. The Morgan fingerprint density at radius 3 is 2.74 bits per heavy atom. The number of carbonyl (C=O) groups excluding carboxylic acids is 3. The maximum absolute atomic E-state index is 13.6. The fourth-order valence-corrected chi connectivity index (χ4v) is 5.62. The van der Waals surface area contributed by atoms with Crippen molar-refractivity contribution >= 4 is 56.9 Å². The van der Waals surface area contributed by atoms with Gasteiger partial charge in [-0.3, -0.25) is 24.3 Å². The molecule has 2 saturated heterocycles. The maximum Gasteiger partial charge on any atom is 0.308 e. The van der Waals surface area contributed by atoms with Gasteiger partial charge in [0, 0.05) is 41.6 Å². The van der Waals surface area contributed by atoms with Crippen LogP contribution in [0, 0.1) is 5.92 Å². The number of morpholine rings is 1. The number of halogens is 1. The number of benzene rings is 1. The molecule has 38 heavy (non-hydrogen) atoms. The molecule has 0 saturated carbocycles. The zero-order chi connectivity index (χ0) is 27.0. The van der Waals surface area contributed by atoms with Crippen molar-refractivity contribution in [2.75, 3.05) is 45.2 Å². The van der Waals surface area contributed by atoms with Gasteiger partial charge in [-0.15, -0.1) is 0 Å². The van der Waals surface area contributed by atoms with Crippen molar-refractivity contribution in [1.82, 2.24) is 19.8 Å². The predicted molar refractivity (Wildman–Crippen MR) is 144 cm³/mol. The largest absolute Gasteiger partial charge is 0.469 e. The second-order valence-electron chi connectivity index (χ2n) is 10.6. The fourth-order valence-electron chi connectivity index (χ4n) is 5.40. The standard InChI is InChI=1S/C27H32ClN5O5/c1-27(2)15-33(13-23(34)32-8-5-16(6-9-32)26(36)37-3)22(14-38-27)25(35)31-20-11-17(28)10-19-18-4-7-29-12-21(18)30-24(19)20/h4,7,10-12,16,22,30H,5-6,8-9,13-15H2,1-3H3,(H,31,35)/t22-/m0/s1. The number of aromatic amines is 1. The average Bonchev–Trinajstić information content (AvgIpc) is 3.26. The number of methoxy groups -OCH3 is 1. The Bertz CT molecular complexity index is 1380. The van der Waals surface area contributed by atoms with E-state index in [1.165, 1.54) is 7.11 Å². The molecule has 2 amide bonds. The number of rotatable bonds is 5. The molecule has 2 N–H and O–H groups in total. The van der Waals surface area contributed by atoms with Gasteiger partial charge in [-0.2, -0.15) is 0 Å². The molecule has 2 aliphatic rings. The fraction of sp³-hybridized carbons (Fsp3) is 0.481. The monoisotopic (exact) mass is 541 g/mol. The van der Waals surface area contributed by atoms with Crippen LogP contribution in [0.4, 0.5) is 5.69 Å². The normalized spacial score (nSPS) is 20.5. The highest BCUT2D eigenvalue weighted by Gasteiger charge is 2.39. The summed E-state index contributed by atoms with van der Waals surface area (Å²) in [6, 6.07) is 4.79. The Kier molecular flexibility index (Phi) is 7.30. The van der Waals surface area contributed by atoms with Gasteiger partial charge in [-0.25, -0.2) is 0 Å². The molecule has 0 radical (unpaired) electrons. The molecule has 5 rings (SSSR count). The van der Waals surface area contributed by atoms with E-state index >= 15 is 0 Å². The van der Waals surface area contributed by atoms with Gasteiger partial charge < -0.3 is 24.7 Å². The zero-order valence-electron chi connectivity index (χ0n) is 21.8. The number of aromatic nitrogens is 2. The van der Waals surface area contributed by atoms with E-state index in [0.29, 0.717) is 43.2 Å². The van der Waals surface area contributed by atoms with E-state index in [0.717, 1.165) is 21.8 Å². The predicted octanol–water partition coefficient (Wildman–Crippen LogP) is 3.20. The van der Waals surface area contributed by atoms with Gasteiger partial charge in [0.2, 0.25) is 11.8 Å². The number of nitrogens with one attached hydrogen (secondary N) is 2. The van der Waals surface area contributed by atoms with E-state index in [-0.39, 0.29) is 36.9 Å². The Labute approximate surface area is 225 Å². The summed E-state index contributed by atoms with van der Waals surface area (Å²) in [5.41, 5.74) is 1.63. The van der Waals surface area contributed by atoms with Crippen molar-refractivity contribution in [3.05, 3.63) is 35.6 Å². The average molecular weight is 542 g/mol. The van der Waals surface area contributed by atoms with Gasteiger partial charge in [0.25, 0.3) is 0 Å². The lowest BCUT2D eigenvalue weighted by atomic mass is 9.97. The Morgan fingerprint density at radius 1 is 1.24 bits per heavy atom. The SMILES string of the molecule is COC(=O)C1CCN(C(=O)CN2CC(C)(C)OC[C@H]2C(=O)Nc2cc(Cl)cc3c2[nH]c2cnccc23)CC1. The minimum Gasteiger partial charge on any atom is -0.469 e. The van der Waals surface area contributed by atoms with Gasteiger partial charge in [0.05, 0.1) is 54.7 Å². The molecule has 1 atom stereocenters. The number of ether oxygens (including phenoxy) is 2. The van der Waals surface area contributed by atoms with Crippen LogP contribution in [0.2, 0.25) is 5.02 Å². The summed E-state index contributed by atoms with van der Waals surface area (Å²) < 4.78 is 10.8. The van der Waals surface area contributed by atoms with Crippen LogP contribution in [0.15, 0.2) is 30.6 Å². The number of amides is 2. The number of carbonyl (C=O) groups is 3. The molecular formula is C27H32ClN5O5. The van der Waals surface area contributed by atoms with E-state index < -0.39 is 11.6 Å².